The molecule has 1 aliphatic heterocycles. The molecule has 0 aliphatic carbocycles. The summed E-state index contributed by atoms with van der Waals surface area (Å²) in [5, 5.41) is 0. The second-order valence-corrected chi connectivity index (χ2v) is 3.31. The van der Waals surface area contributed by atoms with E-state index in [1.54, 1.807) is 0 Å². The fraction of sp³-hybridized carbons (Fsp3) is 0.700. The minimum absolute atomic E-state index is 0.315. The van der Waals surface area contributed by atoms with E-state index in [4.69, 9.17) is 4.74 Å². The Morgan fingerprint density at radius 1 is 1.46 bits per heavy atom. The molecule has 0 bridgehead atoms. The van der Waals surface area contributed by atoms with Gasteiger partial charge in [-0.3, -0.25) is 0 Å². The first kappa shape index (κ1) is 10.2. The van der Waals surface area contributed by atoms with E-state index in [-0.39, 0.29) is 6.10 Å². The van der Waals surface area contributed by atoms with Crippen LogP contribution in [0.1, 0.15) is 39.0 Å². The Bertz CT molecular complexity index is 211. The van der Waals surface area contributed by atoms with Crippen molar-refractivity contribution in [2.24, 2.45) is 0 Å². The van der Waals surface area contributed by atoms with Crippen molar-refractivity contribution in [1.82, 2.24) is 0 Å². The van der Waals surface area contributed by atoms with E-state index in [0.717, 1.165) is 19.3 Å². The number of hydrogen-bond donors (Lipinski definition) is 0. The zero-order valence-electron chi connectivity index (χ0n) is 7.88. The van der Waals surface area contributed by atoms with E-state index < -0.39 is 11.8 Å². The third kappa shape index (κ3) is 3.17. The van der Waals surface area contributed by atoms with Gasteiger partial charge in [0.15, 0.2) is 0 Å². The highest BCUT2D eigenvalue weighted by molar-refractivity contribution is 5.88. The zero-order chi connectivity index (χ0) is 9.68. The molecule has 1 heterocycles. The Balaban J connectivity index is 2.14. The molecule has 0 aromatic carbocycles. The van der Waals surface area contributed by atoms with E-state index in [9.17, 15) is 9.18 Å². The van der Waals surface area contributed by atoms with Crippen LogP contribution < -0.4 is 0 Å². The second-order valence-electron chi connectivity index (χ2n) is 3.31. The maximum Gasteiger partial charge on any atom is 0.367 e. The van der Waals surface area contributed by atoms with Gasteiger partial charge in [-0.15, -0.1) is 0 Å². The lowest BCUT2D eigenvalue weighted by Gasteiger charge is -2.06. The molecule has 13 heavy (non-hydrogen) atoms. The molecule has 1 unspecified atom stereocenters. The van der Waals surface area contributed by atoms with Crippen molar-refractivity contribution >= 4 is 5.97 Å². The fourth-order valence-corrected chi connectivity index (χ4v) is 1.37. The van der Waals surface area contributed by atoms with Crippen LogP contribution in [0.5, 0.6) is 0 Å². The van der Waals surface area contributed by atoms with Gasteiger partial charge in [0.05, 0.1) is 0 Å². The van der Waals surface area contributed by atoms with Crippen molar-refractivity contribution in [3.63, 3.8) is 0 Å². The summed E-state index contributed by atoms with van der Waals surface area (Å²) in [6.45, 7) is 2.13. The topological polar surface area (TPSA) is 26.3 Å². The lowest BCUT2D eigenvalue weighted by atomic mass is 10.1. The van der Waals surface area contributed by atoms with Crippen LogP contribution >= 0.6 is 0 Å². The molecule has 0 amide bonds. The highest BCUT2D eigenvalue weighted by atomic mass is 19.1. The van der Waals surface area contributed by atoms with Crippen molar-refractivity contribution in [1.29, 1.82) is 0 Å². The molecule has 1 rings (SSSR count). The Hall–Kier alpha value is -0.860. The van der Waals surface area contributed by atoms with Crippen LogP contribution in [0.25, 0.3) is 0 Å². The Morgan fingerprint density at radius 3 is 2.77 bits per heavy atom. The van der Waals surface area contributed by atoms with Gasteiger partial charge in [-0.25, -0.2) is 4.79 Å². The number of carbonyl (C=O) groups excluding carboxylic acids is 1. The second kappa shape index (κ2) is 5.00. The standard InChI is InChI=1S/C10H15FO2/c1-2-3-4-5-6-8-7-9(11)10(12)13-8/h7-8H,2-6H2,1H3. The van der Waals surface area contributed by atoms with Gasteiger partial charge in [0.2, 0.25) is 5.83 Å². The number of unbranched alkanes of at least 4 members (excludes halogenated alkanes) is 3. The largest absolute Gasteiger partial charge is 0.453 e. The highest BCUT2D eigenvalue weighted by Gasteiger charge is 2.24. The molecule has 0 aromatic heterocycles. The van der Waals surface area contributed by atoms with Crippen molar-refractivity contribution in [2.45, 2.75) is 45.1 Å². The molecule has 0 N–H and O–H groups in total. The van der Waals surface area contributed by atoms with Gasteiger partial charge in [-0.1, -0.05) is 26.2 Å². The summed E-state index contributed by atoms with van der Waals surface area (Å²) >= 11 is 0. The van der Waals surface area contributed by atoms with Gasteiger partial charge in [-0.05, 0) is 18.9 Å². The first-order valence-corrected chi connectivity index (χ1v) is 4.82. The van der Waals surface area contributed by atoms with Crippen LogP contribution in [0.2, 0.25) is 0 Å². The summed E-state index contributed by atoms with van der Waals surface area (Å²) in [7, 11) is 0. The minimum Gasteiger partial charge on any atom is -0.453 e. The van der Waals surface area contributed by atoms with Crippen molar-refractivity contribution in [3.05, 3.63) is 11.9 Å². The highest BCUT2D eigenvalue weighted by Crippen LogP contribution is 2.19. The van der Waals surface area contributed by atoms with Crippen LogP contribution in [-0.2, 0) is 9.53 Å². The lowest BCUT2D eigenvalue weighted by Crippen LogP contribution is -2.07. The SMILES string of the molecule is CCCCCCC1C=C(F)C(=O)O1. The molecular formula is C10H15FO2. The third-order valence-corrected chi connectivity index (χ3v) is 2.13. The smallest absolute Gasteiger partial charge is 0.367 e. The Kier molecular flexibility index (Phi) is 3.93. The quantitative estimate of drug-likeness (QED) is 0.487. The molecule has 0 spiro atoms. The monoisotopic (exact) mass is 186 g/mol. The van der Waals surface area contributed by atoms with E-state index in [0.29, 0.717) is 0 Å². The molecule has 0 saturated carbocycles. The summed E-state index contributed by atoms with van der Waals surface area (Å²) in [6, 6.07) is 0. The van der Waals surface area contributed by atoms with Gasteiger partial charge >= 0.3 is 5.97 Å². The maximum atomic E-state index is 12.5. The van der Waals surface area contributed by atoms with Crippen molar-refractivity contribution in [3.8, 4) is 0 Å². The van der Waals surface area contributed by atoms with Gasteiger partial charge in [-0.2, -0.15) is 4.39 Å². The molecule has 0 radical (unpaired) electrons. The summed E-state index contributed by atoms with van der Waals surface area (Å²) in [4.78, 5) is 10.6. The number of ether oxygens (including phenoxy) is 1. The molecule has 0 fully saturated rings. The minimum atomic E-state index is -0.805. The van der Waals surface area contributed by atoms with Crippen LogP contribution in [0.4, 0.5) is 4.39 Å². The average Bonchev–Trinajstić information content (AvgIpc) is 2.41. The first-order chi connectivity index (χ1) is 6.24. The molecular weight excluding hydrogens is 171 g/mol. The number of cyclic esters (lactones) is 1. The van der Waals surface area contributed by atoms with Crippen LogP contribution in [0.15, 0.2) is 11.9 Å². The Labute approximate surface area is 77.8 Å². The summed E-state index contributed by atoms with van der Waals surface area (Å²) in [5.74, 6) is -1.54. The predicted octanol–water partition coefficient (Wildman–Crippen LogP) is 2.74. The number of rotatable bonds is 5. The Morgan fingerprint density at radius 2 is 2.23 bits per heavy atom. The first-order valence-electron chi connectivity index (χ1n) is 4.82. The number of esters is 1. The molecule has 1 atom stereocenters. The summed E-state index contributed by atoms with van der Waals surface area (Å²) < 4.78 is 17.3. The normalized spacial score (nSPS) is 21.5. The number of carbonyl (C=O) groups is 1. The zero-order valence-corrected chi connectivity index (χ0v) is 7.88. The average molecular weight is 186 g/mol. The van der Waals surface area contributed by atoms with Crippen molar-refractivity contribution in [2.75, 3.05) is 0 Å². The summed E-state index contributed by atoms with van der Waals surface area (Å²) in [5.41, 5.74) is 0. The van der Waals surface area contributed by atoms with Gasteiger partial charge in [0.1, 0.15) is 6.10 Å². The molecule has 2 nitrogen and oxygen atoms in total. The molecule has 3 heteroatoms. The van der Waals surface area contributed by atoms with E-state index in [2.05, 4.69) is 6.92 Å². The van der Waals surface area contributed by atoms with E-state index in [1.165, 1.54) is 18.9 Å². The number of hydrogen-bond acceptors (Lipinski definition) is 2. The van der Waals surface area contributed by atoms with E-state index >= 15 is 0 Å². The molecule has 1 aliphatic rings. The third-order valence-electron chi connectivity index (χ3n) is 2.13. The fourth-order valence-electron chi connectivity index (χ4n) is 1.37. The van der Waals surface area contributed by atoms with E-state index in [1.807, 2.05) is 0 Å². The molecule has 74 valence electrons. The van der Waals surface area contributed by atoms with Crippen LogP contribution in [0, 0.1) is 0 Å². The van der Waals surface area contributed by atoms with Gasteiger partial charge < -0.3 is 4.74 Å². The number of halogens is 1. The van der Waals surface area contributed by atoms with Crippen LogP contribution in [-0.4, -0.2) is 12.1 Å². The van der Waals surface area contributed by atoms with Gasteiger partial charge in [0.25, 0.3) is 0 Å². The molecule has 0 saturated heterocycles. The van der Waals surface area contributed by atoms with Crippen LogP contribution in [0.3, 0.4) is 0 Å². The molecule has 0 aromatic rings. The lowest BCUT2D eigenvalue weighted by molar-refractivity contribution is -0.141. The summed E-state index contributed by atoms with van der Waals surface area (Å²) in [6.07, 6.45) is 6.19. The predicted molar refractivity (Wildman–Crippen MR) is 47.8 cm³/mol. The van der Waals surface area contributed by atoms with Gasteiger partial charge in [0, 0.05) is 0 Å². The maximum absolute atomic E-state index is 12.5. The van der Waals surface area contributed by atoms with Crippen molar-refractivity contribution < 1.29 is 13.9 Å².